The van der Waals surface area contributed by atoms with E-state index in [-0.39, 0.29) is 33.8 Å². The number of methoxy groups -OCH3 is 4. The lowest BCUT2D eigenvalue weighted by Crippen LogP contribution is -2.35. The van der Waals surface area contributed by atoms with Crippen molar-refractivity contribution < 1.29 is 32.2 Å². The Morgan fingerprint density at radius 2 is 1.71 bits per heavy atom. The van der Waals surface area contributed by atoms with Crippen LogP contribution in [0.5, 0.6) is 23.4 Å². The number of aromatic nitrogens is 2. The number of carbonyl (C=O) groups is 1. The summed E-state index contributed by atoms with van der Waals surface area (Å²) in [6, 6.07) is 8.75. The van der Waals surface area contributed by atoms with E-state index >= 15 is 0 Å². The minimum Gasteiger partial charge on any atom is -0.497 e. The van der Waals surface area contributed by atoms with Gasteiger partial charge in [0, 0.05) is 22.8 Å². The first-order valence-corrected chi connectivity index (χ1v) is 11.6. The molecule has 12 heteroatoms. The molecule has 1 aromatic heterocycles. The number of halogens is 1. The molecule has 0 aliphatic carbocycles. The van der Waals surface area contributed by atoms with Crippen molar-refractivity contribution in [3.63, 3.8) is 0 Å². The Bertz CT molecular complexity index is 1380. The number of fused-ring (bicyclic) bond motifs is 1. The molecule has 0 saturated heterocycles. The van der Waals surface area contributed by atoms with E-state index in [2.05, 4.69) is 9.97 Å². The molecule has 0 bridgehead atoms. The Morgan fingerprint density at radius 3 is 2.35 bits per heavy atom. The second-order valence-corrected chi connectivity index (χ2v) is 9.27. The average molecular weight is 506 g/mol. The van der Waals surface area contributed by atoms with Gasteiger partial charge in [-0.2, -0.15) is 4.98 Å². The summed E-state index contributed by atoms with van der Waals surface area (Å²) < 4.78 is 49.1. The van der Waals surface area contributed by atoms with Crippen LogP contribution in [0, 0.1) is 0 Å². The Kier molecular flexibility index (Phi) is 6.24. The summed E-state index contributed by atoms with van der Waals surface area (Å²) in [5.41, 5.74) is 0.770. The zero-order chi connectivity index (χ0) is 24.6. The van der Waals surface area contributed by atoms with Gasteiger partial charge in [0.05, 0.1) is 40.0 Å². The first-order chi connectivity index (χ1) is 16.3. The average Bonchev–Trinajstić information content (AvgIpc) is 3.14. The zero-order valence-corrected chi connectivity index (χ0v) is 20.2. The first-order valence-electron chi connectivity index (χ1n) is 9.82. The minimum atomic E-state index is -4.40. The van der Waals surface area contributed by atoms with E-state index in [0.717, 1.165) is 4.31 Å². The van der Waals surface area contributed by atoms with Gasteiger partial charge >= 0.3 is 6.01 Å². The largest absolute Gasteiger partial charge is 0.497 e. The number of benzene rings is 2. The number of nitrogens with zero attached hydrogens (tertiary/aromatic N) is 3. The SMILES string of the molecule is COc1ccc(S(=O)(=O)N2C(=O)C(c3cnc(OC)nc3OC)c3cc(Cl)ccc32)c(OC)c1. The Morgan fingerprint density at radius 1 is 0.941 bits per heavy atom. The van der Waals surface area contributed by atoms with Gasteiger partial charge in [-0.1, -0.05) is 11.6 Å². The fraction of sp³-hybridized carbons (Fsp3) is 0.227. The third kappa shape index (κ3) is 3.76. The van der Waals surface area contributed by atoms with Crippen molar-refractivity contribution in [2.45, 2.75) is 10.8 Å². The topological polar surface area (TPSA) is 117 Å². The lowest BCUT2D eigenvalue weighted by molar-refractivity contribution is -0.117. The molecule has 178 valence electrons. The maximum atomic E-state index is 13.8. The monoisotopic (exact) mass is 505 g/mol. The van der Waals surface area contributed by atoms with Gasteiger partial charge in [-0.15, -0.1) is 0 Å². The molecule has 0 N–H and O–H groups in total. The fourth-order valence-electron chi connectivity index (χ4n) is 3.77. The molecular weight excluding hydrogens is 486 g/mol. The normalized spacial score (nSPS) is 15.1. The lowest BCUT2D eigenvalue weighted by atomic mass is 9.94. The van der Waals surface area contributed by atoms with Crippen LogP contribution in [0.15, 0.2) is 47.5 Å². The van der Waals surface area contributed by atoms with Crippen LogP contribution in [0.25, 0.3) is 0 Å². The van der Waals surface area contributed by atoms with Gasteiger partial charge in [0.25, 0.3) is 15.9 Å². The van der Waals surface area contributed by atoms with Crippen molar-refractivity contribution in [2.75, 3.05) is 32.7 Å². The first kappa shape index (κ1) is 23.6. The molecule has 2 heterocycles. The molecule has 2 aromatic carbocycles. The van der Waals surface area contributed by atoms with E-state index in [1.165, 1.54) is 71.0 Å². The summed E-state index contributed by atoms with van der Waals surface area (Å²) in [7, 11) is 1.14. The predicted molar refractivity (Wildman–Crippen MR) is 123 cm³/mol. The van der Waals surface area contributed by atoms with Crippen molar-refractivity contribution in [3.8, 4) is 23.4 Å². The fourth-order valence-corrected chi connectivity index (χ4v) is 5.55. The quantitative estimate of drug-likeness (QED) is 0.477. The summed E-state index contributed by atoms with van der Waals surface area (Å²) in [5, 5.41) is 0.325. The highest BCUT2D eigenvalue weighted by Gasteiger charge is 2.47. The molecule has 0 spiro atoms. The molecule has 1 unspecified atom stereocenters. The smallest absolute Gasteiger partial charge is 0.319 e. The van der Waals surface area contributed by atoms with Crippen LogP contribution in [0.4, 0.5) is 5.69 Å². The van der Waals surface area contributed by atoms with Crippen LogP contribution >= 0.6 is 11.6 Å². The van der Waals surface area contributed by atoms with Crippen molar-refractivity contribution >= 4 is 33.2 Å². The second kappa shape index (κ2) is 8.99. The maximum Gasteiger partial charge on any atom is 0.319 e. The molecule has 1 aliphatic rings. The molecule has 1 atom stereocenters. The number of amides is 1. The molecular formula is C22H20ClN3O7S. The van der Waals surface area contributed by atoms with Crippen molar-refractivity contribution in [1.82, 2.24) is 9.97 Å². The van der Waals surface area contributed by atoms with Crippen LogP contribution in [0.2, 0.25) is 5.02 Å². The van der Waals surface area contributed by atoms with Gasteiger partial charge in [0.15, 0.2) is 0 Å². The standard InChI is InChI=1S/C22H20ClN3O7S/c1-30-13-6-8-18(17(10-13)31-2)34(28,29)26-16-7-5-12(23)9-14(16)19(21(26)27)15-11-24-22(33-4)25-20(15)32-3/h5-11,19H,1-4H3. The Labute approximate surface area is 201 Å². The van der Waals surface area contributed by atoms with Gasteiger partial charge in [0.2, 0.25) is 5.88 Å². The predicted octanol–water partition coefficient (Wildman–Crippen LogP) is 3.03. The number of anilines is 1. The van der Waals surface area contributed by atoms with E-state index in [1.807, 2.05) is 0 Å². The molecule has 1 amide bonds. The van der Waals surface area contributed by atoms with E-state index in [0.29, 0.717) is 16.3 Å². The van der Waals surface area contributed by atoms with E-state index < -0.39 is 21.8 Å². The van der Waals surface area contributed by atoms with E-state index in [4.69, 9.17) is 30.5 Å². The minimum absolute atomic E-state index is 0.0245. The van der Waals surface area contributed by atoms with Gasteiger partial charge in [-0.25, -0.2) is 17.7 Å². The summed E-state index contributed by atoms with van der Waals surface area (Å²) >= 11 is 6.21. The highest BCUT2D eigenvalue weighted by molar-refractivity contribution is 7.93. The number of hydrogen-bond donors (Lipinski definition) is 0. The number of hydrogen-bond acceptors (Lipinski definition) is 9. The summed E-state index contributed by atoms with van der Waals surface area (Å²) in [4.78, 5) is 21.7. The Hall–Kier alpha value is -3.57. The van der Waals surface area contributed by atoms with Gasteiger partial charge in [-0.3, -0.25) is 4.79 Å². The third-order valence-electron chi connectivity index (χ3n) is 5.30. The van der Waals surface area contributed by atoms with Crippen molar-refractivity contribution in [1.29, 1.82) is 0 Å². The van der Waals surface area contributed by atoms with Crippen LogP contribution in [0.3, 0.4) is 0 Å². The number of rotatable bonds is 7. The number of carbonyl (C=O) groups excluding carboxylic acids is 1. The Balaban J connectivity index is 1.91. The summed E-state index contributed by atoms with van der Waals surface area (Å²) in [6.07, 6.45) is 1.36. The van der Waals surface area contributed by atoms with E-state index in [9.17, 15) is 13.2 Å². The van der Waals surface area contributed by atoms with Crippen LogP contribution in [0.1, 0.15) is 17.0 Å². The number of sulfonamides is 1. The summed E-state index contributed by atoms with van der Waals surface area (Å²) in [5.74, 6) is -1.35. The maximum absolute atomic E-state index is 13.8. The summed E-state index contributed by atoms with van der Waals surface area (Å²) in [6.45, 7) is 0. The van der Waals surface area contributed by atoms with Crippen LogP contribution in [-0.2, 0) is 14.8 Å². The molecule has 0 radical (unpaired) electrons. The molecule has 3 aromatic rings. The highest BCUT2D eigenvalue weighted by Crippen LogP contribution is 2.47. The van der Waals surface area contributed by atoms with E-state index in [1.54, 1.807) is 0 Å². The molecule has 10 nitrogen and oxygen atoms in total. The van der Waals surface area contributed by atoms with Gasteiger partial charge < -0.3 is 18.9 Å². The third-order valence-corrected chi connectivity index (χ3v) is 7.29. The lowest BCUT2D eigenvalue weighted by Gasteiger charge is -2.20. The van der Waals surface area contributed by atoms with Gasteiger partial charge in [0.1, 0.15) is 16.4 Å². The van der Waals surface area contributed by atoms with Crippen LogP contribution in [-0.4, -0.2) is 52.7 Å². The van der Waals surface area contributed by atoms with Crippen LogP contribution < -0.4 is 23.3 Å². The molecule has 34 heavy (non-hydrogen) atoms. The van der Waals surface area contributed by atoms with Crippen molar-refractivity contribution in [2.24, 2.45) is 0 Å². The molecule has 4 rings (SSSR count). The van der Waals surface area contributed by atoms with Crippen molar-refractivity contribution in [3.05, 3.63) is 58.7 Å². The zero-order valence-electron chi connectivity index (χ0n) is 18.6. The highest BCUT2D eigenvalue weighted by atomic mass is 35.5. The molecule has 0 fully saturated rings. The van der Waals surface area contributed by atoms with Gasteiger partial charge in [-0.05, 0) is 35.9 Å². The number of ether oxygens (including phenoxy) is 4. The molecule has 0 saturated carbocycles. The molecule has 1 aliphatic heterocycles. The second-order valence-electron chi connectivity index (χ2n) is 7.08.